The highest BCUT2D eigenvalue weighted by atomic mass is 31.2. The molecule has 0 atom stereocenters. The van der Waals surface area contributed by atoms with Crippen molar-refractivity contribution in [2.24, 2.45) is 0 Å². The maximum atomic E-state index is 11.4. The first kappa shape index (κ1) is 35.3. The maximum absolute atomic E-state index is 11.4. The second-order valence-electron chi connectivity index (χ2n) is 8.28. The Morgan fingerprint density at radius 2 is 0.815 bits per heavy atom. The van der Waals surface area contributed by atoms with E-state index in [-0.39, 0.29) is 6.35 Å². The Morgan fingerprint density at radius 1 is 0.593 bits per heavy atom. The second kappa shape index (κ2) is 17.7. The van der Waals surface area contributed by atoms with E-state index < -0.39 is 28.6 Å². The van der Waals surface area contributed by atoms with E-state index in [9.17, 15) is 18.3 Å². The molecular formula is C18H48O5P4. The summed E-state index contributed by atoms with van der Waals surface area (Å²) in [4.78, 5) is 0. The first-order valence-electron chi connectivity index (χ1n) is 9.59. The van der Waals surface area contributed by atoms with Crippen LogP contribution in [0, 0.1) is 0 Å². The van der Waals surface area contributed by atoms with Gasteiger partial charge in [-0.25, -0.2) is 0 Å². The predicted octanol–water partition coefficient (Wildman–Crippen LogP) is 6.62. The summed E-state index contributed by atoms with van der Waals surface area (Å²) < 4.78 is 42.9. The quantitative estimate of drug-likeness (QED) is 0.425. The molecule has 0 saturated carbocycles. The Morgan fingerprint density at radius 3 is 0.889 bits per heavy atom. The van der Waals surface area contributed by atoms with Crippen molar-refractivity contribution in [1.29, 1.82) is 0 Å². The van der Waals surface area contributed by atoms with E-state index in [0.717, 1.165) is 37.5 Å². The number of rotatable bonds is 7. The van der Waals surface area contributed by atoms with Crippen LogP contribution in [0.2, 0.25) is 0 Å². The zero-order valence-corrected chi connectivity index (χ0v) is 23.4. The summed E-state index contributed by atoms with van der Waals surface area (Å²) in [6, 6.07) is 0. The largest absolute Gasteiger partial charge is 0.389 e. The van der Waals surface area contributed by atoms with Crippen molar-refractivity contribution in [3.63, 3.8) is 0 Å². The molecule has 1 N–H and O–H groups in total. The highest BCUT2D eigenvalue weighted by Crippen LogP contribution is 2.41. The predicted molar refractivity (Wildman–Crippen MR) is 130 cm³/mol. The molecule has 9 heteroatoms. The molecule has 0 unspecified atom stereocenters. The van der Waals surface area contributed by atoms with E-state index in [1.165, 1.54) is 0 Å². The lowest BCUT2D eigenvalue weighted by Crippen LogP contribution is -1.90. The molecule has 170 valence electrons. The molecule has 0 spiro atoms. The van der Waals surface area contributed by atoms with Gasteiger partial charge in [-0.2, -0.15) is 0 Å². The van der Waals surface area contributed by atoms with E-state index in [0.29, 0.717) is 0 Å². The summed E-state index contributed by atoms with van der Waals surface area (Å²) in [7, 11) is -7.08. The first-order valence-corrected chi connectivity index (χ1v) is 20.5. The van der Waals surface area contributed by atoms with Crippen molar-refractivity contribution in [2.45, 2.75) is 40.5 Å². The van der Waals surface area contributed by atoms with Crippen LogP contribution in [0.5, 0.6) is 0 Å². The van der Waals surface area contributed by atoms with Gasteiger partial charge in [0.15, 0.2) is 0 Å². The minimum Gasteiger partial charge on any atom is -0.389 e. The van der Waals surface area contributed by atoms with Crippen molar-refractivity contribution < 1.29 is 23.4 Å². The molecule has 0 heterocycles. The van der Waals surface area contributed by atoms with Crippen LogP contribution in [0.25, 0.3) is 0 Å². The number of hydrogen-bond acceptors (Lipinski definition) is 5. The molecule has 0 aromatic rings. The van der Waals surface area contributed by atoms with Crippen molar-refractivity contribution in [1.82, 2.24) is 0 Å². The van der Waals surface area contributed by atoms with Gasteiger partial charge in [0, 0.05) is 12.3 Å². The molecule has 0 aromatic carbocycles. The van der Waals surface area contributed by atoms with Gasteiger partial charge in [-0.3, -0.25) is 0 Å². The van der Waals surface area contributed by atoms with Crippen LogP contribution in [0.1, 0.15) is 40.5 Å². The minimum atomic E-state index is -2.09. The summed E-state index contributed by atoms with van der Waals surface area (Å²) in [5.41, 5.74) is 0. The number of aliphatic hydroxyl groups is 1. The Hall–Kier alpha value is 0.880. The van der Waals surface area contributed by atoms with Gasteiger partial charge in [0.2, 0.25) is 0 Å². The molecule has 0 aromatic heterocycles. The fourth-order valence-electron chi connectivity index (χ4n) is 1.28. The van der Waals surface area contributed by atoms with Crippen LogP contribution < -0.4 is 0 Å². The van der Waals surface area contributed by atoms with E-state index >= 15 is 0 Å². The summed E-state index contributed by atoms with van der Waals surface area (Å²) in [5, 5.41) is 8.14. The highest BCUT2D eigenvalue weighted by molar-refractivity contribution is 7.63. The smallest absolute Gasteiger partial charge is 0.106 e. The standard InChI is InChI=1S/C7H17OP.C5H13OP.C3H9O2P.C3H9OP/c1-4-6-9(3,8)7-5-2;1-4-7(3,6)5-2;1-6(2,5)3-4;1-5(2,3)4/h4-7H2,1-3H3;4-5H2,1-3H3;4H,3H2,1-2H3;1-3H3. The molecule has 0 saturated heterocycles. The van der Waals surface area contributed by atoms with Gasteiger partial charge in [-0.05, 0) is 71.8 Å². The lowest BCUT2D eigenvalue weighted by atomic mass is 10.6. The molecule has 5 nitrogen and oxygen atoms in total. The Labute approximate surface area is 170 Å². The van der Waals surface area contributed by atoms with Crippen molar-refractivity contribution >= 4 is 28.6 Å². The second-order valence-corrected chi connectivity index (χ2v) is 22.8. The van der Waals surface area contributed by atoms with Crippen molar-refractivity contribution in [3.05, 3.63) is 0 Å². The van der Waals surface area contributed by atoms with Gasteiger partial charge in [0.05, 0.1) is 27.8 Å². The Balaban J connectivity index is -0.000000134. The van der Waals surface area contributed by atoms with Crippen LogP contribution in [-0.2, 0) is 18.3 Å². The van der Waals surface area contributed by atoms with Crippen LogP contribution in [0.15, 0.2) is 0 Å². The summed E-state index contributed by atoms with van der Waals surface area (Å²) in [6.07, 6.45) is 5.52. The molecule has 0 aliphatic heterocycles. The minimum absolute atomic E-state index is 0.174. The van der Waals surface area contributed by atoms with Gasteiger partial charge in [0.25, 0.3) is 0 Å². The van der Waals surface area contributed by atoms with Crippen molar-refractivity contribution in [3.8, 4) is 0 Å². The normalized spacial score (nSPS) is 11.9. The van der Waals surface area contributed by atoms with Crippen LogP contribution in [-0.4, -0.2) is 82.8 Å². The third-order valence-electron chi connectivity index (χ3n) is 3.07. The molecule has 0 bridgehead atoms. The van der Waals surface area contributed by atoms with Crippen LogP contribution in [0.4, 0.5) is 0 Å². The molecule has 0 aliphatic rings. The van der Waals surface area contributed by atoms with E-state index in [1.807, 2.05) is 27.2 Å². The van der Waals surface area contributed by atoms with Crippen LogP contribution in [0.3, 0.4) is 0 Å². The van der Waals surface area contributed by atoms with Gasteiger partial charge in [0.1, 0.15) is 7.14 Å². The molecule has 0 aliphatic carbocycles. The zero-order valence-electron chi connectivity index (χ0n) is 19.8. The monoisotopic (exact) mass is 468 g/mol. The first-order chi connectivity index (χ1) is 11.8. The number of hydrogen-bond donors (Lipinski definition) is 1. The zero-order chi connectivity index (χ0) is 22.9. The fraction of sp³-hybridized carbons (Fsp3) is 1.00. The fourth-order valence-corrected chi connectivity index (χ4v) is 3.84. The summed E-state index contributed by atoms with van der Waals surface area (Å²) >= 11 is 0. The maximum Gasteiger partial charge on any atom is 0.106 e. The lowest BCUT2D eigenvalue weighted by Gasteiger charge is -2.08. The highest BCUT2D eigenvalue weighted by Gasteiger charge is 2.10. The van der Waals surface area contributed by atoms with Crippen molar-refractivity contribution in [2.75, 3.05) is 77.6 Å². The number of aliphatic hydroxyl groups excluding tert-OH is 1. The van der Waals surface area contributed by atoms with E-state index in [2.05, 4.69) is 13.8 Å². The molecule has 0 rings (SSSR count). The molecule has 0 radical (unpaired) electrons. The SMILES string of the molecule is CCCP(C)(=O)CCC.CCP(C)(=O)CC.CP(C)(=O)CO.CP(C)(C)=O. The molecular weight excluding hydrogens is 420 g/mol. The Kier molecular flexibility index (Phi) is 23.2. The van der Waals surface area contributed by atoms with E-state index in [1.54, 1.807) is 33.3 Å². The van der Waals surface area contributed by atoms with Gasteiger partial charge in [-0.15, -0.1) is 0 Å². The van der Waals surface area contributed by atoms with Crippen LogP contribution >= 0.6 is 28.6 Å². The van der Waals surface area contributed by atoms with Gasteiger partial charge >= 0.3 is 0 Å². The third-order valence-corrected chi connectivity index (χ3v) is 9.22. The van der Waals surface area contributed by atoms with Gasteiger partial charge < -0.3 is 23.4 Å². The summed E-state index contributed by atoms with van der Waals surface area (Å²) in [6.45, 7) is 20.2. The topological polar surface area (TPSA) is 88.5 Å². The third kappa shape index (κ3) is 52.0. The van der Waals surface area contributed by atoms with E-state index in [4.69, 9.17) is 5.11 Å². The average molecular weight is 468 g/mol. The molecule has 27 heavy (non-hydrogen) atoms. The molecule has 0 amide bonds. The lowest BCUT2D eigenvalue weighted by molar-refractivity contribution is 0.360. The average Bonchev–Trinajstić information content (AvgIpc) is 2.46. The summed E-state index contributed by atoms with van der Waals surface area (Å²) in [5.74, 6) is 0. The molecule has 0 fully saturated rings. The Bertz CT molecular complexity index is 494. The van der Waals surface area contributed by atoms with Gasteiger partial charge in [-0.1, -0.05) is 27.7 Å².